The van der Waals surface area contributed by atoms with Gasteiger partial charge in [-0.1, -0.05) is 18.2 Å². The number of ether oxygens (including phenoxy) is 1. The lowest BCUT2D eigenvalue weighted by Gasteiger charge is -2.10. The Labute approximate surface area is 116 Å². The molecule has 2 rings (SSSR count). The first kappa shape index (κ1) is 14.0. The number of rotatable bonds is 5. The Morgan fingerprint density at radius 2 is 2.00 bits per heavy atom. The number of nitrogens with two attached hydrogens (primary N) is 1. The van der Waals surface area contributed by atoms with E-state index in [0.29, 0.717) is 6.54 Å². The standard InChI is InChI=1S/C15H15FN2O2/c1-18-9-10-6-7-14(12(16)8-10)20-13-5-3-2-4-11(13)15(17)19/h2-8,18H,9H2,1H3,(H2,17,19). The minimum Gasteiger partial charge on any atom is -0.453 e. The first-order chi connectivity index (χ1) is 9.61. The molecule has 0 saturated carbocycles. The summed E-state index contributed by atoms with van der Waals surface area (Å²) in [4.78, 5) is 11.3. The molecule has 0 radical (unpaired) electrons. The Morgan fingerprint density at radius 1 is 1.25 bits per heavy atom. The van der Waals surface area contributed by atoms with E-state index >= 15 is 0 Å². The van der Waals surface area contributed by atoms with Gasteiger partial charge in [-0.2, -0.15) is 0 Å². The molecule has 0 unspecified atom stereocenters. The summed E-state index contributed by atoms with van der Waals surface area (Å²) in [5.41, 5.74) is 6.27. The molecule has 104 valence electrons. The van der Waals surface area contributed by atoms with Crippen molar-refractivity contribution in [3.8, 4) is 11.5 Å². The third-order valence-electron chi connectivity index (χ3n) is 2.75. The zero-order valence-corrected chi connectivity index (χ0v) is 11.0. The summed E-state index contributed by atoms with van der Waals surface area (Å²) in [6.07, 6.45) is 0. The summed E-state index contributed by atoms with van der Waals surface area (Å²) in [5, 5.41) is 2.94. The SMILES string of the molecule is CNCc1ccc(Oc2ccccc2C(N)=O)c(F)c1. The highest BCUT2D eigenvalue weighted by molar-refractivity contribution is 5.95. The van der Waals surface area contributed by atoms with Crippen molar-refractivity contribution in [2.75, 3.05) is 7.05 Å². The molecule has 0 aliphatic carbocycles. The topological polar surface area (TPSA) is 64.3 Å². The van der Waals surface area contributed by atoms with Gasteiger partial charge in [-0.15, -0.1) is 0 Å². The molecule has 2 aromatic carbocycles. The molecule has 4 nitrogen and oxygen atoms in total. The molecule has 0 fully saturated rings. The second-order valence-corrected chi connectivity index (χ2v) is 4.26. The van der Waals surface area contributed by atoms with Gasteiger partial charge in [0.25, 0.3) is 5.91 Å². The van der Waals surface area contributed by atoms with E-state index in [1.165, 1.54) is 18.2 Å². The van der Waals surface area contributed by atoms with Crippen molar-refractivity contribution >= 4 is 5.91 Å². The number of hydrogen-bond donors (Lipinski definition) is 2. The van der Waals surface area contributed by atoms with Gasteiger partial charge >= 0.3 is 0 Å². The van der Waals surface area contributed by atoms with Crippen molar-refractivity contribution in [3.05, 3.63) is 59.4 Å². The third kappa shape index (κ3) is 3.13. The maximum absolute atomic E-state index is 13.9. The van der Waals surface area contributed by atoms with Gasteiger partial charge < -0.3 is 15.8 Å². The highest BCUT2D eigenvalue weighted by atomic mass is 19.1. The number of amides is 1. The van der Waals surface area contributed by atoms with Crippen molar-refractivity contribution in [2.45, 2.75) is 6.54 Å². The third-order valence-corrected chi connectivity index (χ3v) is 2.75. The van der Waals surface area contributed by atoms with Gasteiger partial charge in [-0.3, -0.25) is 4.79 Å². The van der Waals surface area contributed by atoms with Gasteiger partial charge in [0.1, 0.15) is 5.75 Å². The second-order valence-electron chi connectivity index (χ2n) is 4.26. The van der Waals surface area contributed by atoms with E-state index in [0.717, 1.165) is 5.56 Å². The summed E-state index contributed by atoms with van der Waals surface area (Å²) >= 11 is 0. The number of carbonyl (C=O) groups excluding carboxylic acids is 1. The van der Waals surface area contributed by atoms with Crippen LogP contribution in [0.25, 0.3) is 0 Å². The minimum absolute atomic E-state index is 0.0542. The van der Waals surface area contributed by atoms with Crippen LogP contribution in [-0.4, -0.2) is 13.0 Å². The molecule has 0 heterocycles. The average Bonchev–Trinajstić information content (AvgIpc) is 2.42. The second kappa shape index (κ2) is 6.16. The van der Waals surface area contributed by atoms with E-state index in [4.69, 9.17) is 10.5 Å². The van der Waals surface area contributed by atoms with Crippen LogP contribution in [0.5, 0.6) is 11.5 Å². The molecule has 0 aromatic heterocycles. The van der Waals surface area contributed by atoms with Crippen LogP contribution in [0.1, 0.15) is 15.9 Å². The van der Waals surface area contributed by atoms with Crippen molar-refractivity contribution in [2.24, 2.45) is 5.73 Å². The van der Waals surface area contributed by atoms with Crippen molar-refractivity contribution in [1.82, 2.24) is 5.32 Å². The van der Waals surface area contributed by atoms with Gasteiger partial charge in [0.05, 0.1) is 5.56 Å². The molecule has 20 heavy (non-hydrogen) atoms. The number of nitrogens with one attached hydrogen (secondary N) is 1. The number of para-hydroxylation sites is 1. The fourth-order valence-corrected chi connectivity index (χ4v) is 1.82. The molecule has 2 aromatic rings. The fourth-order valence-electron chi connectivity index (χ4n) is 1.82. The van der Waals surface area contributed by atoms with Crippen LogP contribution >= 0.6 is 0 Å². The molecule has 1 amide bonds. The van der Waals surface area contributed by atoms with E-state index < -0.39 is 11.7 Å². The Hall–Kier alpha value is -2.40. The van der Waals surface area contributed by atoms with Gasteiger partial charge in [-0.25, -0.2) is 4.39 Å². The first-order valence-electron chi connectivity index (χ1n) is 6.11. The maximum Gasteiger partial charge on any atom is 0.252 e. The van der Waals surface area contributed by atoms with Crippen LogP contribution in [0.4, 0.5) is 4.39 Å². The summed E-state index contributed by atoms with van der Waals surface area (Å²) in [6, 6.07) is 11.1. The van der Waals surface area contributed by atoms with Crippen LogP contribution in [0.15, 0.2) is 42.5 Å². The number of hydrogen-bond acceptors (Lipinski definition) is 3. The maximum atomic E-state index is 13.9. The van der Waals surface area contributed by atoms with E-state index in [9.17, 15) is 9.18 Å². The van der Waals surface area contributed by atoms with Crippen LogP contribution < -0.4 is 15.8 Å². The van der Waals surface area contributed by atoms with Crippen molar-refractivity contribution in [1.29, 1.82) is 0 Å². The molecule has 0 spiro atoms. The normalized spacial score (nSPS) is 10.3. The minimum atomic E-state index is -0.618. The molecule has 0 saturated heterocycles. The van der Waals surface area contributed by atoms with Crippen LogP contribution in [0.3, 0.4) is 0 Å². The van der Waals surface area contributed by atoms with Crippen molar-refractivity contribution in [3.63, 3.8) is 0 Å². The van der Waals surface area contributed by atoms with E-state index in [1.807, 2.05) is 0 Å². The van der Waals surface area contributed by atoms with E-state index in [1.54, 1.807) is 31.3 Å². The summed E-state index contributed by atoms with van der Waals surface area (Å²) in [5.74, 6) is -0.816. The van der Waals surface area contributed by atoms with Crippen molar-refractivity contribution < 1.29 is 13.9 Å². The van der Waals surface area contributed by atoms with Gasteiger partial charge in [0.2, 0.25) is 0 Å². The Balaban J connectivity index is 2.29. The molecule has 3 N–H and O–H groups in total. The Morgan fingerprint density at radius 3 is 2.65 bits per heavy atom. The molecule has 0 aliphatic rings. The quantitative estimate of drug-likeness (QED) is 0.880. The first-order valence-corrected chi connectivity index (χ1v) is 6.11. The zero-order valence-electron chi connectivity index (χ0n) is 11.0. The molecule has 0 atom stereocenters. The van der Waals surface area contributed by atoms with E-state index in [2.05, 4.69) is 5.32 Å². The average molecular weight is 274 g/mol. The van der Waals surface area contributed by atoms with Gasteiger partial charge in [-0.05, 0) is 36.9 Å². The number of halogens is 1. The predicted molar refractivity (Wildman–Crippen MR) is 74.2 cm³/mol. The molecule has 0 bridgehead atoms. The zero-order chi connectivity index (χ0) is 14.5. The van der Waals surface area contributed by atoms with Crippen LogP contribution in [0.2, 0.25) is 0 Å². The largest absolute Gasteiger partial charge is 0.453 e. The number of benzene rings is 2. The lowest BCUT2D eigenvalue weighted by atomic mass is 10.2. The summed E-state index contributed by atoms with van der Waals surface area (Å²) in [7, 11) is 1.78. The highest BCUT2D eigenvalue weighted by Gasteiger charge is 2.12. The molecule has 5 heteroatoms. The summed E-state index contributed by atoms with van der Waals surface area (Å²) < 4.78 is 19.4. The van der Waals surface area contributed by atoms with Crippen LogP contribution in [0, 0.1) is 5.82 Å². The molecule has 0 aliphatic heterocycles. The number of primary amides is 1. The molecular weight excluding hydrogens is 259 g/mol. The monoisotopic (exact) mass is 274 g/mol. The van der Waals surface area contributed by atoms with Crippen LogP contribution in [-0.2, 0) is 6.54 Å². The highest BCUT2D eigenvalue weighted by Crippen LogP contribution is 2.27. The predicted octanol–water partition coefficient (Wildman–Crippen LogP) is 2.44. The van der Waals surface area contributed by atoms with E-state index in [-0.39, 0.29) is 17.1 Å². The van der Waals surface area contributed by atoms with Gasteiger partial charge in [0, 0.05) is 6.54 Å². The smallest absolute Gasteiger partial charge is 0.252 e. The lowest BCUT2D eigenvalue weighted by molar-refractivity contribution is 0.0998. The van der Waals surface area contributed by atoms with Gasteiger partial charge in [0.15, 0.2) is 11.6 Å². The Kier molecular flexibility index (Phi) is 4.32. The molecular formula is C15H15FN2O2. The fraction of sp³-hybridized carbons (Fsp3) is 0.133. The Bertz CT molecular complexity index is 629. The summed E-state index contributed by atoms with van der Waals surface area (Å²) in [6.45, 7) is 0.565. The number of carbonyl (C=O) groups is 1. The lowest BCUT2D eigenvalue weighted by Crippen LogP contribution is -2.12.